The number of carbonyl (C=O) groups excluding carboxylic acids is 1. The molecule has 9 nitrogen and oxygen atoms in total. The van der Waals surface area contributed by atoms with Gasteiger partial charge in [0.15, 0.2) is 0 Å². The van der Waals surface area contributed by atoms with E-state index in [0.29, 0.717) is 36.6 Å². The van der Waals surface area contributed by atoms with Gasteiger partial charge in [-0.25, -0.2) is 22.2 Å². The number of rotatable bonds is 10. The zero-order valence-corrected chi connectivity index (χ0v) is 19.8. The minimum absolute atomic E-state index is 0.0708. The van der Waals surface area contributed by atoms with Crippen LogP contribution in [0.2, 0.25) is 0 Å². The van der Waals surface area contributed by atoms with Gasteiger partial charge in [-0.05, 0) is 54.3 Å². The van der Waals surface area contributed by atoms with Gasteiger partial charge in [0.25, 0.3) is 5.91 Å². The number of amides is 1. The van der Waals surface area contributed by atoms with Crippen LogP contribution in [0.5, 0.6) is 5.75 Å². The molecule has 184 valence electrons. The Labute approximate surface area is 203 Å². The van der Waals surface area contributed by atoms with Crippen LogP contribution in [0.15, 0.2) is 66.7 Å². The molecule has 3 aromatic rings. The zero-order valence-electron chi connectivity index (χ0n) is 19.0. The van der Waals surface area contributed by atoms with Crippen molar-refractivity contribution in [2.45, 2.75) is 19.6 Å². The molecule has 1 aromatic heterocycles. The number of halogens is 1. The number of ether oxygens (including phenoxy) is 1. The lowest BCUT2D eigenvalue weighted by molar-refractivity contribution is 0.0787. The van der Waals surface area contributed by atoms with Crippen LogP contribution in [-0.4, -0.2) is 53.9 Å². The van der Waals surface area contributed by atoms with Crippen molar-refractivity contribution in [3.8, 4) is 5.75 Å². The van der Waals surface area contributed by atoms with Gasteiger partial charge >= 0.3 is 0 Å². The second kappa shape index (κ2) is 10.8. The van der Waals surface area contributed by atoms with Gasteiger partial charge in [0.1, 0.15) is 23.9 Å². The van der Waals surface area contributed by atoms with E-state index in [0.717, 1.165) is 17.4 Å². The van der Waals surface area contributed by atoms with Gasteiger partial charge in [0.05, 0.1) is 12.7 Å². The van der Waals surface area contributed by atoms with E-state index in [4.69, 9.17) is 4.74 Å². The smallest absolute Gasteiger partial charge is 0.253 e. The molecule has 0 radical (unpaired) electrons. The minimum Gasteiger partial charge on any atom is -0.487 e. The number of hydrogen-bond acceptors (Lipinski definition) is 6. The zero-order chi connectivity index (χ0) is 24.8. The molecule has 2 heterocycles. The van der Waals surface area contributed by atoms with Gasteiger partial charge in [-0.2, -0.15) is 0 Å². The summed E-state index contributed by atoms with van der Waals surface area (Å²) in [7, 11) is -3.46. The van der Waals surface area contributed by atoms with E-state index < -0.39 is 10.0 Å². The Hall–Kier alpha value is -3.57. The van der Waals surface area contributed by atoms with Crippen LogP contribution in [0.25, 0.3) is 0 Å². The third kappa shape index (κ3) is 6.74. The summed E-state index contributed by atoms with van der Waals surface area (Å²) in [4.78, 5) is 14.6. The SMILES string of the molecule is C=CS(=O)(=O)NC[C@H]1CCN(C(=O)c2ccc(Cn3cc(COc4ccc(F)cc4)nn3)cc2)C1. The number of carbonyl (C=O) groups is 1. The van der Waals surface area contributed by atoms with Gasteiger partial charge in [-0.3, -0.25) is 4.79 Å². The van der Waals surface area contributed by atoms with Gasteiger partial charge < -0.3 is 9.64 Å². The molecule has 1 fully saturated rings. The first kappa shape index (κ1) is 24.6. The maximum absolute atomic E-state index is 13.0. The molecule has 0 spiro atoms. The predicted octanol–water partition coefficient (Wildman–Crippen LogP) is 2.57. The summed E-state index contributed by atoms with van der Waals surface area (Å²) >= 11 is 0. The van der Waals surface area contributed by atoms with Gasteiger partial charge in [-0.15, -0.1) is 5.10 Å². The summed E-state index contributed by atoms with van der Waals surface area (Å²) < 4.78 is 45.8. The normalized spacial score (nSPS) is 15.8. The highest BCUT2D eigenvalue weighted by molar-refractivity contribution is 7.92. The maximum atomic E-state index is 13.0. The fraction of sp³-hybridized carbons (Fsp3) is 0.292. The Kier molecular flexibility index (Phi) is 7.57. The third-order valence-electron chi connectivity index (χ3n) is 5.70. The summed E-state index contributed by atoms with van der Waals surface area (Å²) in [6.07, 6.45) is 2.51. The minimum atomic E-state index is -3.46. The Morgan fingerprint density at radius 3 is 2.66 bits per heavy atom. The van der Waals surface area contributed by atoms with Crippen molar-refractivity contribution in [1.82, 2.24) is 24.6 Å². The van der Waals surface area contributed by atoms with Crippen LogP contribution >= 0.6 is 0 Å². The number of aromatic nitrogens is 3. The van der Waals surface area contributed by atoms with E-state index in [1.165, 1.54) is 12.1 Å². The molecule has 1 aliphatic rings. The molecule has 11 heteroatoms. The highest BCUT2D eigenvalue weighted by atomic mass is 32.2. The van der Waals surface area contributed by atoms with E-state index in [1.807, 2.05) is 12.1 Å². The van der Waals surface area contributed by atoms with E-state index in [9.17, 15) is 17.6 Å². The van der Waals surface area contributed by atoms with Crippen molar-refractivity contribution in [2.24, 2.45) is 5.92 Å². The lowest BCUT2D eigenvalue weighted by Gasteiger charge is -2.17. The molecular weight excluding hydrogens is 473 g/mol. The van der Waals surface area contributed by atoms with Crippen LogP contribution in [0.3, 0.4) is 0 Å². The Bertz CT molecular complexity index is 1280. The average Bonchev–Trinajstić information content (AvgIpc) is 3.52. The third-order valence-corrected chi connectivity index (χ3v) is 6.71. The number of benzene rings is 2. The van der Waals surface area contributed by atoms with Gasteiger partial charge in [0, 0.05) is 30.6 Å². The molecule has 1 saturated heterocycles. The van der Waals surface area contributed by atoms with Gasteiger partial charge in [-0.1, -0.05) is 23.9 Å². The quantitative estimate of drug-likeness (QED) is 0.460. The highest BCUT2D eigenvalue weighted by Gasteiger charge is 2.27. The summed E-state index contributed by atoms with van der Waals surface area (Å²) in [5.41, 5.74) is 2.17. The predicted molar refractivity (Wildman–Crippen MR) is 127 cm³/mol. The first-order chi connectivity index (χ1) is 16.8. The molecule has 4 rings (SSSR count). The largest absolute Gasteiger partial charge is 0.487 e. The van der Waals surface area contributed by atoms with Crippen molar-refractivity contribution in [3.05, 3.63) is 89.4 Å². The molecule has 2 aromatic carbocycles. The number of likely N-dealkylation sites (tertiary alicyclic amines) is 1. The summed E-state index contributed by atoms with van der Waals surface area (Å²) in [5, 5.41) is 9.08. The number of hydrogen-bond donors (Lipinski definition) is 1. The van der Waals surface area contributed by atoms with E-state index in [1.54, 1.807) is 40.0 Å². The molecule has 1 aliphatic heterocycles. The van der Waals surface area contributed by atoms with Crippen molar-refractivity contribution < 1.29 is 22.3 Å². The highest BCUT2D eigenvalue weighted by Crippen LogP contribution is 2.19. The second-order valence-electron chi connectivity index (χ2n) is 8.31. The van der Waals surface area contributed by atoms with Crippen molar-refractivity contribution in [2.75, 3.05) is 19.6 Å². The molecule has 0 saturated carbocycles. The first-order valence-electron chi connectivity index (χ1n) is 11.1. The Balaban J connectivity index is 1.27. The lowest BCUT2D eigenvalue weighted by atomic mass is 10.1. The molecular formula is C24H26FN5O4S. The monoisotopic (exact) mass is 499 g/mol. The van der Waals surface area contributed by atoms with E-state index in [2.05, 4.69) is 21.6 Å². The van der Waals surface area contributed by atoms with E-state index in [-0.39, 0.29) is 30.8 Å². The Morgan fingerprint density at radius 1 is 1.20 bits per heavy atom. The number of nitrogens with zero attached hydrogens (tertiary/aromatic N) is 4. The van der Waals surface area contributed by atoms with Crippen LogP contribution in [0.4, 0.5) is 4.39 Å². The lowest BCUT2D eigenvalue weighted by Crippen LogP contribution is -2.32. The standard InChI is InChI=1S/C24H26FN5O4S/c1-2-35(32,33)26-13-19-11-12-29(14-19)24(31)20-5-3-18(4-6-20)15-30-16-22(27-28-30)17-34-23-9-7-21(25)8-10-23/h2-10,16,19,26H,1,11-15,17H2/t19-/m1/s1. The number of nitrogens with one attached hydrogen (secondary N) is 1. The molecule has 1 atom stereocenters. The summed E-state index contributed by atoms with van der Waals surface area (Å²) in [6.45, 7) is 5.34. The average molecular weight is 500 g/mol. The Morgan fingerprint density at radius 2 is 1.94 bits per heavy atom. The van der Waals surface area contributed by atoms with Gasteiger partial charge in [0.2, 0.25) is 10.0 Å². The molecule has 1 N–H and O–H groups in total. The molecule has 0 unspecified atom stereocenters. The van der Waals surface area contributed by atoms with Crippen molar-refractivity contribution >= 4 is 15.9 Å². The summed E-state index contributed by atoms with van der Waals surface area (Å²) in [5.74, 6) is 0.214. The second-order valence-corrected chi connectivity index (χ2v) is 10.0. The fourth-order valence-corrected chi connectivity index (χ4v) is 4.35. The van der Waals surface area contributed by atoms with Crippen molar-refractivity contribution in [3.63, 3.8) is 0 Å². The van der Waals surface area contributed by atoms with Crippen LogP contribution < -0.4 is 9.46 Å². The van der Waals surface area contributed by atoms with Crippen LogP contribution in [0.1, 0.15) is 28.0 Å². The summed E-state index contributed by atoms with van der Waals surface area (Å²) in [6, 6.07) is 13.1. The maximum Gasteiger partial charge on any atom is 0.253 e. The van der Waals surface area contributed by atoms with E-state index >= 15 is 0 Å². The number of sulfonamides is 1. The molecule has 0 bridgehead atoms. The molecule has 0 aliphatic carbocycles. The van der Waals surface area contributed by atoms with Crippen LogP contribution in [-0.2, 0) is 23.2 Å². The first-order valence-corrected chi connectivity index (χ1v) is 12.6. The van der Waals surface area contributed by atoms with Crippen LogP contribution in [0, 0.1) is 11.7 Å². The van der Waals surface area contributed by atoms with Crippen molar-refractivity contribution in [1.29, 1.82) is 0 Å². The fourth-order valence-electron chi connectivity index (χ4n) is 3.77. The molecule has 1 amide bonds. The topological polar surface area (TPSA) is 106 Å². The molecule has 35 heavy (non-hydrogen) atoms.